The molecule has 0 radical (unpaired) electrons. The van der Waals surface area contributed by atoms with Crippen LogP contribution in [0, 0.1) is 6.92 Å². The second kappa shape index (κ2) is 11.5. The van der Waals surface area contributed by atoms with Gasteiger partial charge in [-0.25, -0.2) is 22.7 Å². The van der Waals surface area contributed by atoms with E-state index >= 15 is 0 Å². The van der Waals surface area contributed by atoms with E-state index in [-0.39, 0.29) is 17.1 Å². The number of sulfonamides is 1. The standard InChI is InChI=1S/C28H32N4O3S/c1-3-4-5-6-7-10-20-32(36(34,35)22-18-16-21(2)17-19-22)28(33)26-15-11-14-25(29-26)27-30-23-12-8-9-13-24(23)31-27/h8-9,11-19H,3-7,10,20H2,1-2H3,(H,30,31). The number of nitrogens with zero attached hydrogens (tertiary/aromatic N) is 3. The molecule has 0 aliphatic carbocycles. The van der Waals surface area contributed by atoms with E-state index in [9.17, 15) is 13.2 Å². The minimum Gasteiger partial charge on any atom is -0.337 e. The molecule has 1 N–H and O–H groups in total. The van der Waals surface area contributed by atoms with Crippen LogP contribution in [0.2, 0.25) is 0 Å². The molecular formula is C28H32N4O3S. The average Bonchev–Trinajstić information content (AvgIpc) is 3.33. The third-order valence-corrected chi connectivity index (χ3v) is 7.95. The molecule has 0 aliphatic heterocycles. The molecule has 2 aromatic carbocycles. The number of carbonyl (C=O) groups is 1. The summed E-state index contributed by atoms with van der Waals surface area (Å²) in [5, 5.41) is 0. The van der Waals surface area contributed by atoms with Gasteiger partial charge in [-0.3, -0.25) is 4.79 Å². The van der Waals surface area contributed by atoms with Crippen molar-refractivity contribution in [1.29, 1.82) is 0 Å². The van der Waals surface area contributed by atoms with Gasteiger partial charge in [0.05, 0.1) is 15.9 Å². The van der Waals surface area contributed by atoms with Crippen LogP contribution in [-0.2, 0) is 10.0 Å². The lowest BCUT2D eigenvalue weighted by Crippen LogP contribution is -2.38. The van der Waals surface area contributed by atoms with Crippen molar-refractivity contribution in [2.45, 2.75) is 57.3 Å². The Kier molecular flexibility index (Phi) is 8.15. The third-order valence-electron chi connectivity index (χ3n) is 6.15. The zero-order valence-corrected chi connectivity index (χ0v) is 21.6. The first kappa shape index (κ1) is 25.6. The first-order chi connectivity index (χ1) is 17.4. The van der Waals surface area contributed by atoms with Crippen molar-refractivity contribution in [3.63, 3.8) is 0 Å². The van der Waals surface area contributed by atoms with Gasteiger partial charge in [0.25, 0.3) is 15.9 Å². The molecule has 4 aromatic rings. The highest BCUT2D eigenvalue weighted by molar-refractivity contribution is 7.89. The van der Waals surface area contributed by atoms with Crippen molar-refractivity contribution in [1.82, 2.24) is 19.3 Å². The number of hydrogen-bond donors (Lipinski definition) is 1. The quantitative estimate of drug-likeness (QED) is 0.248. The molecule has 0 bridgehead atoms. The number of hydrogen-bond acceptors (Lipinski definition) is 5. The fraction of sp³-hybridized carbons (Fsp3) is 0.321. The lowest BCUT2D eigenvalue weighted by Gasteiger charge is -2.22. The van der Waals surface area contributed by atoms with E-state index in [2.05, 4.69) is 21.9 Å². The van der Waals surface area contributed by atoms with Crippen molar-refractivity contribution < 1.29 is 13.2 Å². The molecule has 0 saturated heterocycles. The number of unbranched alkanes of at least 4 members (excludes halogenated alkanes) is 5. The van der Waals surface area contributed by atoms with Gasteiger partial charge in [0.2, 0.25) is 0 Å². The normalized spacial score (nSPS) is 11.6. The summed E-state index contributed by atoms with van der Waals surface area (Å²) in [7, 11) is -4.04. The highest BCUT2D eigenvalue weighted by atomic mass is 32.2. The number of aromatic nitrogens is 3. The van der Waals surface area contributed by atoms with Crippen LogP contribution in [0.5, 0.6) is 0 Å². The molecule has 7 nitrogen and oxygen atoms in total. The molecule has 188 valence electrons. The van der Waals surface area contributed by atoms with E-state index in [1.807, 2.05) is 31.2 Å². The summed E-state index contributed by atoms with van der Waals surface area (Å²) in [4.78, 5) is 26.0. The fourth-order valence-corrected chi connectivity index (χ4v) is 5.51. The summed E-state index contributed by atoms with van der Waals surface area (Å²) >= 11 is 0. The van der Waals surface area contributed by atoms with E-state index in [4.69, 9.17) is 0 Å². The van der Waals surface area contributed by atoms with E-state index in [1.54, 1.807) is 42.5 Å². The number of amides is 1. The average molecular weight is 505 g/mol. The van der Waals surface area contributed by atoms with Crippen LogP contribution in [0.15, 0.2) is 71.6 Å². The number of benzene rings is 2. The summed E-state index contributed by atoms with van der Waals surface area (Å²) in [6, 6.07) is 19.2. The Balaban J connectivity index is 1.62. The van der Waals surface area contributed by atoms with E-state index in [1.165, 1.54) is 0 Å². The van der Waals surface area contributed by atoms with E-state index in [0.29, 0.717) is 17.9 Å². The van der Waals surface area contributed by atoms with Gasteiger partial charge in [0.15, 0.2) is 5.82 Å². The molecule has 0 spiro atoms. The molecule has 36 heavy (non-hydrogen) atoms. The molecular weight excluding hydrogens is 472 g/mol. The number of rotatable bonds is 11. The number of aromatic amines is 1. The van der Waals surface area contributed by atoms with Gasteiger partial charge in [0, 0.05) is 6.54 Å². The van der Waals surface area contributed by atoms with Gasteiger partial charge >= 0.3 is 0 Å². The molecule has 8 heteroatoms. The monoisotopic (exact) mass is 504 g/mol. The minimum atomic E-state index is -4.04. The Morgan fingerprint density at radius 2 is 1.58 bits per heavy atom. The Hall–Kier alpha value is -3.52. The molecule has 0 saturated carbocycles. The summed E-state index contributed by atoms with van der Waals surface area (Å²) < 4.78 is 28.1. The predicted octanol–water partition coefficient (Wildman–Crippen LogP) is 6.12. The number of imidazole rings is 1. The Bertz CT molecular complexity index is 1400. The van der Waals surface area contributed by atoms with Crippen molar-refractivity contribution in [3.05, 3.63) is 78.0 Å². The first-order valence-corrected chi connectivity index (χ1v) is 13.9. The van der Waals surface area contributed by atoms with Gasteiger partial charge in [0.1, 0.15) is 11.4 Å². The second-order valence-corrected chi connectivity index (χ2v) is 10.8. The van der Waals surface area contributed by atoms with E-state index in [0.717, 1.165) is 53.0 Å². The largest absolute Gasteiger partial charge is 0.337 e. The number of para-hydroxylation sites is 2. The maximum atomic E-state index is 13.6. The zero-order chi connectivity index (χ0) is 25.5. The number of aryl methyl sites for hydroxylation is 1. The molecule has 0 unspecified atom stereocenters. The van der Waals surface area contributed by atoms with E-state index < -0.39 is 15.9 Å². The Morgan fingerprint density at radius 3 is 2.33 bits per heavy atom. The Labute approximate surface area is 212 Å². The highest BCUT2D eigenvalue weighted by Crippen LogP contribution is 2.22. The van der Waals surface area contributed by atoms with Crippen LogP contribution in [0.1, 0.15) is 61.5 Å². The molecule has 2 heterocycles. The van der Waals surface area contributed by atoms with Crippen LogP contribution in [-0.4, -0.2) is 40.1 Å². The fourth-order valence-electron chi connectivity index (χ4n) is 4.09. The van der Waals surface area contributed by atoms with Crippen molar-refractivity contribution in [3.8, 4) is 11.5 Å². The van der Waals surface area contributed by atoms with Crippen molar-refractivity contribution >= 4 is 27.0 Å². The van der Waals surface area contributed by atoms with Gasteiger partial charge in [-0.05, 0) is 49.7 Å². The third kappa shape index (κ3) is 5.82. The van der Waals surface area contributed by atoms with Gasteiger partial charge < -0.3 is 4.98 Å². The molecule has 0 atom stereocenters. The minimum absolute atomic E-state index is 0.0645. The van der Waals surface area contributed by atoms with Gasteiger partial charge in [-0.15, -0.1) is 0 Å². The lowest BCUT2D eigenvalue weighted by molar-refractivity contribution is 0.0854. The van der Waals surface area contributed by atoms with Gasteiger partial charge in [-0.1, -0.05) is 74.9 Å². The lowest BCUT2D eigenvalue weighted by atomic mass is 10.1. The SMILES string of the molecule is CCCCCCCCN(C(=O)c1cccc(-c2nc3ccccc3[nH]2)n1)S(=O)(=O)c1ccc(C)cc1. The second-order valence-electron chi connectivity index (χ2n) is 8.97. The molecule has 4 rings (SSSR count). The van der Waals surface area contributed by atoms with Crippen LogP contribution in [0.3, 0.4) is 0 Å². The topological polar surface area (TPSA) is 96.0 Å². The summed E-state index contributed by atoms with van der Waals surface area (Å²) in [5.74, 6) is -0.114. The number of carbonyl (C=O) groups excluding carboxylic acids is 1. The first-order valence-electron chi connectivity index (χ1n) is 12.5. The maximum absolute atomic E-state index is 13.6. The predicted molar refractivity (Wildman–Crippen MR) is 142 cm³/mol. The Morgan fingerprint density at radius 1 is 0.861 bits per heavy atom. The molecule has 1 amide bonds. The summed E-state index contributed by atoms with van der Waals surface area (Å²) in [6.07, 6.45) is 5.88. The molecule has 0 aliphatic rings. The maximum Gasteiger partial charge on any atom is 0.286 e. The number of pyridine rings is 1. The molecule has 0 fully saturated rings. The summed E-state index contributed by atoms with van der Waals surface area (Å²) in [5.41, 5.74) is 3.14. The van der Waals surface area contributed by atoms with Crippen LogP contribution in [0.25, 0.3) is 22.6 Å². The number of nitrogens with one attached hydrogen (secondary N) is 1. The number of fused-ring (bicyclic) bond motifs is 1. The smallest absolute Gasteiger partial charge is 0.286 e. The van der Waals surface area contributed by atoms with Crippen molar-refractivity contribution in [2.24, 2.45) is 0 Å². The van der Waals surface area contributed by atoms with Crippen LogP contribution in [0.4, 0.5) is 0 Å². The zero-order valence-electron chi connectivity index (χ0n) is 20.8. The van der Waals surface area contributed by atoms with Crippen LogP contribution < -0.4 is 0 Å². The van der Waals surface area contributed by atoms with Gasteiger partial charge in [-0.2, -0.15) is 0 Å². The van der Waals surface area contributed by atoms with Crippen molar-refractivity contribution in [2.75, 3.05) is 6.54 Å². The highest BCUT2D eigenvalue weighted by Gasteiger charge is 2.30. The summed E-state index contributed by atoms with van der Waals surface area (Å²) in [6.45, 7) is 4.15. The van der Waals surface area contributed by atoms with Crippen LogP contribution >= 0.6 is 0 Å². The number of H-pyrrole nitrogens is 1. The molecule has 2 aromatic heterocycles.